The fourth-order valence-electron chi connectivity index (χ4n) is 1.24. The first-order chi connectivity index (χ1) is 7.00. The number of rotatable bonds is 3. The first-order valence-corrected chi connectivity index (χ1v) is 5.42. The van der Waals surface area contributed by atoms with Crippen LogP contribution in [0.25, 0.3) is 0 Å². The van der Waals surface area contributed by atoms with Crippen LogP contribution in [0.5, 0.6) is 0 Å². The highest BCUT2D eigenvalue weighted by molar-refractivity contribution is 6.30. The van der Waals surface area contributed by atoms with Crippen molar-refractivity contribution in [3.8, 4) is 0 Å². The summed E-state index contributed by atoms with van der Waals surface area (Å²) in [6, 6.07) is 6.15. The standard InChI is InChI=1S/C12H16ClNO/c1-8-4-5-11(6-9(8)2)7-14-12(15)10(3)13/h4-6,10H,7H2,1-3H3,(H,14,15). The molecule has 15 heavy (non-hydrogen) atoms. The molecule has 0 aliphatic heterocycles. The second kappa shape index (κ2) is 5.17. The van der Waals surface area contributed by atoms with E-state index in [0.29, 0.717) is 6.54 Å². The van der Waals surface area contributed by atoms with Gasteiger partial charge in [-0.1, -0.05) is 18.2 Å². The van der Waals surface area contributed by atoms with E-state index >= 15 is 0 Å². The van der Waals surface area contributed by atoms with Gasteiger partial charge in [0, 0.05) is 6.54 Å². The van der Waals surface area contributed by atoms with Crippen molar-refractivity contribution >= 4 is 17.5 Å². The third-order valence-corrected chi connectivity index (χ3v) is 2.60. The minimum absolute atomic E-state index is 0.130. The summed E-state index contributed by atoms with van der Waals surface area (Å²) in [7, 11) is 0. The highest BCUT2D eigenvalue weighted by Crippen LogP contribution is 2.09. The monoisotopic (exact) mass is 225 g/mol. The molecular weight excluding hydrogens is 210 g/mol. The minimum atomic E-state index is -0.475. The maximum atomic E-state index is 11.2. The van der Waals surface area contributed by atoms with Crippen molar-refractivity contribution in [2.75, 3.05) is 0 Å². The van der Waals surface area contributed by atoms with Gasteiger partial charge in [-0.2, -0.15) is 0 Å². The normalized spacial score (nSPS) is 12.3. The Bertz CT molecular complexity index is 361. The van der Waals surface area contributed by atoms with Crippen LogP contribution in [0.2, 0.25) is 0 Å². The summed E-state index contributed by atoms with van der Waals surface area (Å²) < 4.78 is 0. The number of halogens is 1. The first-order valence-electron chi connectivity index (χ1n) is 4.98. The zero-order chi connectivity index (χ0) is 11.4. The van der Waals surface area contributed by atoms with Crippen molar-refractivity contribution in [2.24, 2.45) is 0 Å². The quantitative estimate of drug-likeness (QED) is 0.788. The molecule has 1 amide bonds. The summed E-state index contributed by atoms with van der Waals surface area (Å²) in [4.78, 5) is 11.2. The van der Waals surface area contributed by atoms with Gasteiger partial charge in [0.25, 0.3) is 0 Å². The predicted octanol–water partition coefficient (Wildman–Crippen LogP) is 2.55. The molecule has 2 nitrogen and oxygen atoms in total. The number of carbonyl (C=O) groups excluding carboxylic acids is 1. The number of benzene rings is 1. The van der Waals surface area contributed by atoms with E-state index in [0.717, 1.165) is 5.56 Å². The van der Waals surface area contributed by atoms with Crippen molar-refractivity contribution in [2.45, 2.75) is 32.7 Å². The van der Waals surface area contributed by atoms with Crippen molar-refractivity contribution < 1.29 is 4.79 Å². The highest BCUT2D eigenvalue weighted by Gasteiger charge is 2.07. The molecule has 0 spiro atoms. The molecule has 0 heterocycles. The van der Waals surface area contributed by atoms with Crippen LogP contribution in [-0.2, 0) is 11.3 Å². The summed E-state index contributed by atoms with van der Waals surface area (Å²) in [6.07, 6.45) is 0. The zero-order valence-electron chi connectivity index (χ0n) is 9.30. The maximum Gasteiger partial charge on any atom is 0.238 e. The van der Waals surface area contributed by atoms with Gasteiger partial charge < -0.3 is 5.32 Å². The third-order valence-electron chi connectivity index (χ3n) is 2.40. The average molecular weight is 226 g/mol. The summed E-state index contributed by atoms with van der Waals surface area (Å²) >= 11 is 5.64. The summed E-state index contributed by atoms with van der Waals surface area (Å²) in [5.41, 5.74) is 3.60. The van der Waals surface area contributed by atoms with Gasteiger partial charge in [0.15, 0.2) is 0 Å². The molecule has 0 aliphatic rings. The van der Waals surface area contributed by atoms with Crippen LogP contribution in [0.4, 0.5) is 0 Å². The molecule has 0 aromatic heterocycles. The van der Waals surface area contributed by atoms with Gasteiger partial charge in [0.1, 0.15) is 5.38 Å². The van der Waals surface area contributed by atoms with E-state index in [2.05, 4.69) is 31.3 Å². The van der Waals surface area contributed by atoms with Crippen LogP contribution in [-0.4, -0.2) is 11.3 Å². The number of hydrogen-bond acceptors (Lipinski definition) is 1. The Morgan fingerprint density at radius 2 is 2.07 bits per heavy atom. The van der Waals surface area contributed by atoms with Crippen LogP contribution in [0.1, 0.15) is 23.6 Å². The molecule has 0 saturated carbocycles. The predicted molar refractivity (Wildman–Crippen MR) is 63.1 cm³/mol. The van der Waals surface area contributed by atoms with Crippen molar-refractivity contribution in [1.82, 2.24) is 5.32 Å². The molecular formula is C12H16ClNO. The van der Waals surface area contributed by atoms with Gasteiger partial charge in [0.2, 0.25) is 5.91 Å². The van der Waals surface area contributed by atoms with E-state index in [-0.39, 0.29) is 5.91 Å². The van der Waals surface area contributed by atoms with Crippen LogP contribution in [0.3, 0.4) is 0 Å². The van der Waals surface area contributed by atoms with Crippen LogP contribution in [0.15, 0.2) is 18.2 Å². The van der Waals surface area contributed by atoms with Gasteiger partial charge in [-0.3, -0.25) is 4.79 Å². The Morgan fingerprint density at radius 3 is 2.60 bits per heavy atom. The fourth-order valence-corrected chi connectivity index (χ4v) is 1.32. The SMILES string of the molecule is Cc1ccc(CNC(=O)C(C)Cl)cc1C. The Labute approximate surface area is 95.6 Å². The molecule has 1 aromatic carbocycles. The number of hydrogen-bond donors (Lipinski definition) is 1. The van der Waals surface area contributed by atoms with E-state index in [9.17, 15) is 4.79 Å². The lowest BCUT2D eigenvalue weighted by atomic mass is 10.1. The molecule has 0 aliphatic carbocycles. The number of amides is 1. The lowest BCUT2D eigenvalue weighted by Crippen LogP contribution is -2.29. The topological polar surface area (TPSA) is 29.1 Å². The van der Waals surface area contributed by atoms with E-state index in [1.54, 1.807) is 6.92 Å². The minimum Gasteiger partial charge on any atom is -0.351 e. The zero-order valence-corrected chi connectivity index (χ0v) is 10.1. The first kappa shape index (κ1) is 12.1. The summed E-state index contributed by atoms with van der Waals surface area (Å²) in [5.74, 6) is -0.130. The second-order valence-corrected chi connectivity index (χ2v) is 4.41. The molecule has 0 fully saturated rings. The smallest absolute Gasteiger partial charge is 0.238 e. The lowest BCUT2D eigenvalue weighted by Gasteiger charge is -2.08. The van der Waals surface area contributed by atoms with Crippen LogP contribution >= 0.6 is 11.6 Å². The molecule has 1 N–H and O–H groups in total. The van der Waals surface area contributed by atoms with Gasteiger partial charge in [-0.25, -0.2) is 0 Å². The van der Waals surface area contributed by atoms with Crippen molar-refractivity contribution in [3.05, 3.63) is 34.9 Å². The Kier molecular flexibility index (Phi) is 4.15. The average Bonchev–Trinajstić information content (AvgIpc) is 2.19. The third kappa shape index (κ3) is 3.56. The number of alkyl halides is 1. The van der Waals surface area contributed by atoms with Crippen LogP contribution < -0.4 is 5.32 Å². The number of aryl methyl sites for hydroxylation is 2. The van der Waals surface area contributed by atoms with Gasteiger partial charge in [-0.15, -0.1) is 11.6 Å². The maximum absolute atomic E-state index is 11.2. The Balaban J connectivity index is 2.58. The summed E-state index contributed by atoms with van der Waals surface area (Å²) in [6.45, 7) is 6.33. The molecule has 0 bridgehead atoms. The van der Waals surface area contributed by atoms with Gasteiger partial charge in [-0.05, 0) is 37.5 Å². The highest BCUT2D eigenvalue weighted by atomic mass is 35.5. The van der Waals surface area contributed by atoms with E-state index in [4.69, 9.17) is 11.6 Å². The van der Waals surface area contributed by atoms with Crippen molar-refractivity contribution in [3.63, 3.8) is 0 Å². The van der Waals surface area contributed by atoms with Crippen LogP contribution in [0, 0.1) is 13.8 Å². The molecule has 0 radical (unpaired) electrons. The molecule has 0 saturated heterocycles. The van der Waals surface area contributed by atoms with Crippen molar-refractivity contribution in [1.29, 1.82) is 0 Å². The molecule has 3 heteroatoms. The molecule has 82 valence electrons. The largest absolute Gasteiger partial charge is 0.351 e. The van der Waals surface area contributed by atoms with Gasteiger partial charge in [0.05, 0.1) is 0 Å². The second-order valence-electron chi connectivity index (χ2n) is 3.75. The Morgan fingerprint density at radius 1 is 1.40 bits per heavy atom. The molecule has 1 atom stereocenters. The van der Waals surface area contributed by atoms with E-state index in [1.165, 1.54) is 11.1 Å². The Hall–Kier alpha value is -1.02. The van der Waals surface area contributed by atoms with Gasteiger partial charge >= 0.3 is 0 Å². The van der Waals surface area contributed by atoms with E-state index < -0.39 is 5.38 Å². The van der Waals surface area contributed by atoms with E-state index in [1.807, 2.05) is 6.07 Å². The molecule has 1 aromatic rings. The fraction of sp³-hybridized carbons (Fsp3) is 0.417. The number of carbonyl (C=O) groups is 1. The summed E-state index contributed by atoms with van der Waals surface area (Å²) in [5, 5.41) is 2.30. The number of nitrogens with one attached hydrogen (secondary N) is 1. The molecule has 1 unspecified atom stereocenters. The molecule has 1 rings (SSSR count). The lowest BCUT2D eigenvalue weighted by molar-refractivity contribution is -0.120.